The Morgan fingerprint density at radius 2 is 1.75 bits per heavy atom. The number of Topliss-reactive ketones (excluding diaryl/α,β-unsaturated/α-hetero) is 1. The van der Waals surface area contributed by atoms with Gasteiger partial charge in [0.2, 0.25) is 11.7 Å². The Bertz CT molecular complexity index is 1520. The molecule has 8 nitrogen and oxygen atoms in total. The molecular weight excluding hydrogens is 460 g/mol. The van der Waals surface area contributed by atoms with E-state index in [2.05, 4.69) is 5.32 Å². The summed E-state index contributed by atoms with van der Waals surface area (Å²) in [7, 11) is 1.49. The molecule has 1 unspecified atom stereocenters. The number of hydrogen-bond acceptors (Lipinski definition) is 6. The summed E-state index contributed by atoms with van der Waals surface area (Å²) in [5.41, 5.74) is 1.72. The van der Waals surface area contributed by atoms with Crippen molar-refractivity contribution in [1.29, 1.82) is 0 Å². The number of benzene rings is 3. The lowest BCUT2D eigenvalue weighted by Gasteiger charge is -2.28. The molecule has 2 amide bonds. The van der Waals surface area contributed by atoms with Crippen LogP contribution in [0.1, 0.15) is 29.1 Å². The van der Waals surface area contributed by atoms with Gasteiger partial charge in [-0.15, -0.1) is 0 Å². The second-order valence-corrected chi connectivity index (χ2v) is 8.29. The summed E-state index contributed by atoms with van der Waals surface area (Å²) in [6.07, 6.45) is 0. The van der Waals surface area contributed by atoms with Crippen LogP contribution in [0.3, 0.4) is 0 Å². The number of para-hydroxylation sites is 2. The van der Waals surface area contributed by atoms with Crippen molar-refractivity contribution in [1.82, 2.24) is 0 Å². The third kappa shape index (κ3) is 3.88. The van der Waals surface area contributed by atoms with Crippen molar-refractivity contribution in [3.8, 4) is 5.75 Å². The Balaban J connectivity index is 1.67. The summed E-state index contributed by atoms with van der Waals surface area (Å²) in [4.78, 5) is 40.1. The fourth-order valence-electron chi connectivity index (χ4n) is 4.45. The third-order valence-corrected chi connectivity index (χ3v) is 5.98. The van der Waals surface area contributed by atoms with E-state index < -0.39 is 23.5 Å². The number of rotatable bonds is 6. The first-order valence-corrected chi connectivity index (χ1v) is 11.2. The van der Waals surface area contributed by atoms with Crippen molar-refractivity contribution >= 4 is 39.9 Å². The highest BCUT2D eigenvalue weighted by Gasteiger charge is 2.46. The summed E-state index contributed by atoms with van der Waals surface area (Å²) < 4.78 is 11.3. The number of hydrogen-bond donors (Lipinski definition) is 2. The van der Waals surface area contributed by atoms with Crippen molar-refractivity contribution in [2.75, 3.05) is 17.3 Å². The van der Waals surface area contributed by atoms with E-state index in [0.717, 1.165) is 5.39 Å². The van der Waals surface area contributed by atoms with Crippen LogP contribution < -0.4 is 15.0 Å². The van der Waals surface area contributed by atoms with Gasteiger partial charge < -0.3 is 19.6 Å². The van der Waals surface area contributed by atoms with Gasteiger partial charge in [0.15, 0.2) is 11.5 Å². The molecule has 1 aromatic heterocycles. The van der Waals surface area contributed by atoms with E-state index in [4.69, 9.17) is 9.15 Å². The van der Waals surface area contributed by atoms with Gasteiger partial charge in [0.25, 0.3) is 5.91 Å². The number of fused-ring (bicyclic) bond motifs is 1. The fraction of sp³-hybridized carbons (Fsp3) is 0.107. The first kappa shape index (κ1) is 22.9. The molecule has 1 aliphatic heterocycles. The molecule has 0 bridgehead atoms. The highest BCUT2D eigenvalue weighted by atomic mass is 16.5. The van der Waals surface area contributed by atoms with Gasteiger partial charge in [-0.2, -0.15) is 0 Å². The van der Waals surface area contributed by atoms with E-state index in [9.17, 15) is 19.5 Å². The van der Waals surface area contributed by atoms with Gasteiger partial charge in [-0.05, 0) is 36.4 Å². The molecule has 2 N–H and O–H groups in total. The van der Waals surface area contributed by atoms with Crippen molar-refractivity contribution in [2.45, 2.75) is 13.0 Å². The van der Waals surface area contributed by atoms with Gasteiger partial charge >= 0.3 is 0 Å². The van der Waals surface area contributed by atoms with Crippen LogP contribution in [0, 0.1) is 0 Å². The molecule has 4 aromatic rings. The van der Waals surface area contributed by atoms with E-state index >= 15 is 0 Å². The second kappa shape index (κ2) is 9.07. The first-order chi connectivity index (χ1) is 17.4. The molecule has 180 valence electrons. The largest absolute Gasteiger partial charge is 0.503 e. The number of aliphatic hydroxyl groups is 1. The number of carbonyl (C=O) groups is 3. The lowest BCUT2D eigenvalue weighted by atomic mass is 9.94. The molecule has 0 radical (unpaired) electrons. The molecule has 0 aliphatic carbocycles. The predicted molar refractivity (Wildman–Crippen MR) is 134 cm³/mol. The van der Waals surface area contributed by atoms with Crippen molar-refractivity contribution in [3.63, 3.8) is 0 Å². The fourth-order valence-corrected chi connectivity index (χ4v) is 4.45. The van der Waals surface area contributed by atoms with E-state index in [1.807, 2.05) is 6.07 Å². The molecule has 3 aromatic carbocycles. The topological polar surface area (TPSA) is 109 Å². The molecule has 0 fully saturated rings. The lowest BCUT2D eigenvalue weighted by molar-refractivity contribution is -0.117. The first-order valence-electron chi connectivity index (χ1n) is 11.2. The zero-order valence-electron chi connectivity index (χ0n) is 19.5. The summed E-state index contributed by atoms with van der Waals surface area (Å²) in [5, 5.41) is 14.4. The van der Waals surface area contributed by atoms with Gasteiger partial charge in [0.1, 0.15) is 11.3 Å². The number of nitrogens with one attached hydrogen (secondary N) is 1. The van der Waals surface area contributed by atoms with Gasteiger partial charge in [0, 0.05) is 29.2 Å². The number of carbonyl (C=O) groups excluding carboxylic acids is 3. The summed E-state index contributed by atoms with van der Waals surface area (Å²) in [6.45, 7) is 1.38. The minimum atomic E-state index is -1.01. The minimum Gasteiger partial charge on any atom is -0.503 e. The van der Waals surface area contributed by atoms with Crippen molar-refractivity contribution in [3.05, 3.63) is 102 Å². The van der Waals surface area contributed by atoms with Crippen molar-refractivity contribution in [2.24, 2.45) is 0 Å². The zero-order valence-corrected chi connectivity index (χ0v) is 19.5. The number of anilines is 2. The Kier molecular flexibility index (Phi) is 5.77. The Labute approximate surface area is 206 Å². The SMILES string of the molecule is COc1ccccc1C1C(C(=O)c2cc3ccccc3o2)=C(O)C(=O)N1c1cccc(NC(C)=O)c1. The normalized spacial score (nSPS) is 15.4. The van der Waals surface area contributed by atoms with Crippen LogP contribution in [0.25, 0.3) is 11.0 Å². The monoisotopic (exact) mass is 482 g/mol. The number of nitrogens with zero attached hydrogens (tertiary/aromatic N) is 1. The molecule has 0 saturated heterocycles. The molecule has 1 atom stereocenters. The maximum absolute atomic E-state index is 13.8. The lowest BCUT2D eigenvalue weighted by Crippen LogP contribution is -2.31. The number of ketones is 1. The second-order valence-electron chi connectivity index (χ2n) is 8.29. The summed E-state index contributed by atoms with van der Waals surface area (Å²) in [5.74, 6) is -1.90. The van der Waals surface area contributed by atoms with Crippen LogP contribution >= 0.6 is 0 Å². The Morgan fingerprint density at radius 3 is 2.50 bits per heavy atom. The van der Waals surface area contributed by atoms with Crippen LogP contribution in [-0.2, 0) is 9.59 Å². The minimum absolute atomic E-state index is 0.000653. The van der Waals surface area contributed by atoms with Gasteiger partial charge in [0.05, 0.1) is 18.7 Å². The number of amides is 2. The Hall–Kier alpha value is -4.85. The van der Waals surface area contributed by atoms with Crippen LogP contribution in [-0.4, -0.2) is 29.8 Å². The van der Waals surface area contributed by atoms with Gasteiger partial charge in [-0.25, -0.2) is 0 Å². The average Bonchev–Trinajstić information content (AvgIpc) is 3.42. The third-order valence-electron chi connectivity index (χ3n) is 5.98. The van der Waals surface area contributed by atoms with Gasteiger partial charge in [-0.3, -0.25) is 19.3 Å². The van der Waals surface area contributed by atoms with E-state index in [-0.39, 0.29) is 17.2 Å². The van der Waals surface area contributed by atoms with E-state index in [1.165, 1.54) is 18.9 Å². The van der Waals surface area contributed by atoms with Crippen molar-refractivity contribution < 1.29 is 28.6 Å². The van der Waals surface area contributed by atoms with Gasteiger partial charge in [-0.1, -0.05) is 42.5 Å². The molecule has 5 rings (SSSR count). The number of aliphatic hydroxyl groups excluding tert-OH is 1. The predicted octanol–water partition coefficient (Wildman–Crippen LogP) is 5.18. The van der Waals surface area contributed by atoms with Crippen LogP contribution in [0.4, 0.5) is 11.4 Å². The summed E-state index contributed by atoms with van der Waals surface area (Å²) >= 11 is 0. The molecule has 1 aliphatic rings. The molecule has 0 saturated carbocycles. The molecular formula is C28H22N2O6. The number of methoxy groups -OCH3 is 1. The van der Waals surface area contributed by atoms with E-state index in [1.54, 1.807) is 72.8 Å². The van der Waals surface area contributed by atoms with Crippen LogP contribution in [0.5, 0.6) is 5.75 Å². The van der Waals surface area contributed by atoms with Crippen LogP contribution in [0.2, 0.25) is 0 Å². The molecule has 0 spiro atoms. The Morgan fingerprint density at radius 1 is 1.00 bits per heavy atom. The number of ether oxygens (including phenoxy) is 1. The number of furan rings is 1. The van der Waals surface area contributed by atoms with Crippen LogP contribution in [0.15, 0.2) is 94.6 Å². The highest BCUT2D eigenvalue weighted by Crippen LogP contribution is 2.45. The molecule has 36 heavy (non-hydrogen) atoms. The maximum atomic E-state index is 13.8. The highest BCUT2D eigenvalue weighted by molar-refractivity contribution is 6.21. The standard InChI is InChI=1S/C28H22N2O6/c1-16(31)29-18-9-7-10-19(15-18)30-25(20-11-4-6-13-22(20)35-2)24(27(33)28(30)34)26(32)23-14-17-8-3-5-12-21(17)36-23/h3-15,25,33H,1-2H3,(H,29,31). The zero-order chi connectivity index (χ0) is 25.4. The average molecular weight is 482 g/mol. The smallest absolute Gasteiger partial charge is 0.294 e. The quantitative estimate of drug-likeness (QED) is 0.367. The molecule has 2 heterocycles. The summed E-state index contributed by atoms with van der Waals surface area (Å²) in [6, 6.07) is 21.3. The molecule has 8 heteroatoms. The maximum Gasteiger partial charge on any atom is 0.294 e. The van der Waals surface area contributed by atoms with E-state index in [0.29, 0.717) is 28.3 Å².